The van der Waals surface area contributed by atoms with Crippen molar-refractivity contribution >= 4 is 23.1 Å². The van der Waals surface area contributed by atoms with Gasteiger partial charge >= 0.3 is 6.18 Å². The Morgan fingerprint density at radius 2 is 1.81 bits per heavy atom. The van der Waals surface area contributed by atoms with Crippen molar-refractivity contribution in [3.8, 4) is 0 Å². The summed E-state index contributed by atoms with van der Waals surface area (Å²) in [4.78, 5) is 1.49. The molecule has 0 bridgehead atoms. The van der Waals surface area contributed by atoms with E-state index >= 15 is 0 Å². The molecule has 6 heteroatoms. The molecule has 1 aliphatic rings. The minimum absolute atomic E-state index is 0.159. The van der Waals surface area contributed by atoms with Crippen LogP contribution in [-0.4, -0.2) is 5.84 Å². The maximum absolute atomic E-state index is 12.8. The van der Waals surface area contributed by atoms with Crippen LogP contribution in [0, 0.1) is 5.41 Å². The van der Waals surface area contributed by atoms with Gasteiger partial charge in [-0.3, -0.25) is 5.41 Å². The predicted molar refractivity (Wildman–Crippen MR) is 75.9 cm³/mol. The summed E-state index contributed by atoms with van der Waals surface area (Å²) < 4.78 is 38.5. The first-order valence-corrected chi connectivity index (χ1v) is 6.57. The lowest BCUT2D eigenvalue weighted by atomic mass is 10.1. The summed E-state index contributed by atoms with van der Waals surface area (Å²) in [7, 11) is 0. The van der Waals surface area contributed by atoms with Crippen molar-refractivity contribution in [3.63, 3.8) is 0 Å². The van der Waals surface area contributed by atoms with E-state index in [1.807, 2.05) is 12.1 Å². The Labute approximate surface area is 124 Å². The fourth-order valence-electron chi connectivity index (χ4n) is 2.39. The van der Waals surface area contributed by atoms with Gasteiger partial charge in [0.05, 0.1) is 22.8 Å². The standard InChI is InChI=1S/C15H10ClF3N2/c16-12-6-5-10(15(17,18)19)7-13(12)21-8-9-3-1-2-4-11(9)14(21)20/h1-7,20H,8H2. The molecule has 21 heavy (non-hydrogen) atoms. The number of nitrogens with one attached hydrogen (secondary N) is 1. The summed E-state index contributed by atoms with van der Waals surface area (Å²) in [6, 6.07) is 10.4. The smallest absolute Gasteiger partial charge is 0.320 e. The summed E-state index contributed by atoms with van der Waals surface area (Å²) in [5.41, 5.74) is 1.04. The molecule has 2 nitrogen and oxygen atoms in total. The monoisotopic (exact) mass is 310 g/mol. The molecule has 0 spiro atoms. The molecule has 0 radical (unpaired) electrons. The maximum Gasteiger partial charge on any atom is 0.416 e. The van der Waals surface area contributed by atoms with Crippen LogP contribution in [0.2, 0.25) is 5.02 Å². The Morgan fingerprint density at radius 3 is 2.48 bits per heavy atom. The van der Waals surface area contributed by atoms with Gasteiger partial charge in [0.2, 0.25) is 0 Å². The van der Waals surface area contributed by atoms with Gasteiger partial charge in [-0.05, 0) is 23.8 Å². The first kappa shape index (κ1) is 13.9. The van der Waals surface area contributed by atoms with Crippen LogP contribution in [0.5, 0.6) is 0 Å². The molecule has 0 saturated carbocycles. The van der Waals surface area contributed by atoms with Crippen molar-refractivity contribution in [1.82, 2.24) is 0 Å². The summed E-state index contributed by atoms with van der Waals surface area (Å²) in [6.45, 7) is 0.343. The minimum atomic E-state index is -4.44. The highest BCUT2D eigenvalue weighted by Crippen LogP contribution is 2.38. The third-order valence-corrected chi connectivity index (χ3v) is 3.75. The van der Waals surface area contributed by atoms with Gasteiger partial charge in [-0.15, -0.1) is 0 Å². The van der Waals surface area contributed by atoms with Gasteiger partial charge in [0.1, 0.15) is 5.84 Å². The van der Waals surface area contributed by atoms with Crippen LogP contribution in [0.3, 0.4) is 0 Å². The minimum Gasteiger partial charge on any atom is -0.320 e. The fourth-order valence-corrected chi connectivity index (χ4v) is 2.61. The number of hydrogen-bond donors (Lipinski definition) is 1. The van der Waals surface area contributed by atoms with Gasteiger partial charge in [0.15, 0.2) is 0 Å². The van der Waals surface area contributed by atoms with E-state index in [2.05, 4.69) is 0 Å². The zero-order valence-corrected chi connectivity index (χ0v) is 11.5. The Hall–Kier alpha value is -2.01. The average molecular weight is 311 g/mol. The summed E-state index contributed by atoms with van der Waals surface area (Å²) in [5.74, 6) is 0.159. The van der Waals surface area contributed by atoms with Gasteiger partial charge in [0, 0.05) is 5.56 Å². The van der Waals surface area contributed by atoms with E-state index in [1.54, 1.807) is 12.1 Å². The number of alkyl halides is 3. The van der Waals surface area contributed by atoms with Gasteiger partial charge in [0.25, 0.3) is 0 Å². The van der Waals surface area contributed by atoms with Crippen LogP contribution >= 0.6 is 11.6 Å². The molecule has 0 unspecified atom stereocenters. The van der Waals surface area contributed by atoms with Gasteiger partial charge in [-0.2, -0.15) is 13.2 Å². The normalized spacial score (nSPS) is 14.5. The van der Waals surface area contributed by atoms with Crippen LogP contribution < -0.4 is 4.90 Å². The molecule has 0 aliphatic carbocycles. The zero-order chi connectivity index (χ0) is 15.2. The molecule has 108 valence electrons. The highest BCUT2D eigenvalue weighted by molar-refractivity contribution is 6.34. The number of anilines is 1. The number of benzene rings is 2. The van der Waals surface area contributed by atoms with E-state index in [4.69, 9.17) is 17.0 Å². The van der Waals surface area contributed by atoms with Crippen LogP contribution in [0.15, 0.2) is 42.5 Å². The molecule has 0 saturated heterocycles. The first-order valence-electron chi connectivity index (χ1n) is 6.19. The van der Waals surface area contributed by atoms with Gasteiger partial charge in [-0.25, -0.2) is 0 Å². The molecule has 1 aliphatic heterocycles. The second kappa shape index (κ2) is 4.77. The quantitative estimate of drug-likeness (QED) is 0.812. The van der Waals surface area contributed by atoms with E-state index in [1.165, 1.54) is 11.0 Å². The molecule has 0 aromatic heterocycles. The number of halogens is 4. The van der Waals surface area contributed by atoms with Crippen molar-refractivity contribution in [2.24, 2.45) is 0 Å². The molecule has 0 atom stereocenters. The van der Waals surface area contributed by atoms with Crippen LogP contribution in [0.25, 0.3) is 0 Å². The maximum atomic E-state index is 12.8. The zero-order valence-electron chi connectivity index (χ0n) is 10.7. The lowest BCUT2D eigenvalue weighted by Gasteiger charge is -2.21. The molecular formula is C15H10ClF3N2. The molecule has 2 aromatic rings. The SMILES string of the molecule is N=C1c2ccccc2CN1c1cc(C(F)(F)F)ccc1Cl. The van der Waals surface area contributed by atoms with Crippen molar-refractivity contribution in [2.75, 3.05) is 4.90 Å². The Balaban J connectivity index is 2.05. The molecular weight excluding hydrogens is 301 g/mol. The lowest BCUT2D eigenvalue weighted by molar-refractivity contribution is -0.137. The van der Waals surface area contributed by atoms with Crippen LogP contribution in [0.4, 0.5) is 18.9 Å². The Kier molecular flexibility index (Phi) is 3.17. The molecule has 0 fully saturated rings. The summed E-state index contributed by atoms with van der Waals surface area (Å²) in [5, 5.41) is 8.33. The van der Waals surface area contributed by atoms with Crippen molar-refractivity contribution < 1.29 is 13.2 Å². The van der Waals surface area contributed by atoms with E-state index in [-0.39, 0.29) is 16.5 Å². The van der Waals surface area contributed by atoms with Crippen molar-refractivity contribution in [2.45, 2.75) is 12.7 Å². The van der Waals surface area contributed by atoms with Crippen molar-refractivity contribution in [3.05, 3.63) is 64.2 Å². The number of hydrogen-bond acceptors (Lipinski definition) is 1. The summed E-state index contributed by atoms with van der Waals surface area (Å²) in [6.07, 6.45) is -4.44. The Bertz CT molecular complexity index is 725. The topological polar surface area (TPSA) is 27.1 Å². The first-order chi connectivity index (χ1) is 9.88. The molecule has 1 heterocycles. The van der Waals surface area contributed by atoms with Crippen molar-refractivity contribution in [1.29, 1.82) is 5.41 Å². The van der Waals surface area contributed by atoms with Gasteiger partial charge in [-0.1, -0.05) is 35.9 Å². The number of amidine groups is 1. The molecule has 3 rings (SSSR count). The number of fused-ring (bicyclic) bond motifs is 1. The third-order valence-electron chi connectivity index (χ3n) is 3.44. The lowest BCUT2D eigenvalue weighted by Crippen LogP contribution is -2.24. The van der Waals surface area contributed by atoms with Crippen LogP contribution in [-0.2, 0) is 12.7 Å². The fraction of sp³-hybridized carbons (Fsp3) is 0.133. The third kappa shape index (κ3) is 2.38. The molecule has 1 N–H and O–H groups in total. The second-order valence-corrected chi connectivity index (χ2v) is 5.16. The average Bonchev–Trinajstić information content (AvgIpc) is 2.76. The number of rotatable bonds is 1. The summed E-state index contributed by atoms with van der Waals surface area (Å²) >= 11 is 6.03. The highest BCUT2D eigenvalue weighted by Gasteiger charge is 2.33. The number of nitrogens with zero attached hydrogens (tertiary/aromatic N) is 1. The van der Waals surface area contributed by atoms with Gasteiger partial charge < -0.3 is 4.90 Å². The van der Waals surface area contributed by atoms with Crippen LogP contribution in [0.1, 0.15) is 16.7 Å². The molecule has 0 amide bonds. The highest BCUT2D eigenvalue weighted by atomic mass is 35.5. The van der Waals surface area contributed by atoms with E-state index in [0.29, 0.717) is 12.1 Å². The predicted octanol–water partition coefficient (Wildman–Crippen LogP) is 4.70. The Morgan fingerprint density at radius 1 is 1.10 bits per heavy atom. The molecule has 2 aromatic carbocycles. The second-order valence-electron chi connectivity index (χ2n) is 4.76. The van der Waals surface area contributed by atoms with E-state index in [0.717, 1.165) is 17.7 Å². The van der Waals surface area contributed by atoms with E-state index in [9.17, 15) is 13.2 Å². The largest absolute Gasteiger partial charge is 0.416 e. The van der Waals surface area contributed by atoms with E-state index < -0.39 is 11.7 Å².